The maximum absolute atomic E-state index is 13.3. The van der Waals surface area contributed by atoms with E-state index in [4.69, 9.17) is 5.73 Å². The van der Waals surface area contributed by atoms with Crippen LogP contribution in [0.1, 0.15) is 51.7 Å². The molecular weight excluding hydrogens is 251 g/mol. The Kier molecular flexibility index (Phi) is 7.17. The summed E-state index contributed by atoms with van der Waals surface area (Å²) in [6.07, 6.45) is 2.28. The Morgan fingerprint density at radius 2 is 1.80 bits per heavy atom. The van der Waals surface area contributed by atoms with Crippen LogP contribution in [0.2, 0.25) is 0 Å². The molecule has 0 aliphatic carbocycles. The summed E-state index contributed by atoms with van der Waals surface area (Å²) in [6.45, 7) is 11.3. The van der Waals surface area contributed by atoms with Gasteiger partial charge in [-0.3, -0.25) is 4.90 Å². The van der Waals surface area contributed by atoms with E-state index in [-0.39, 0.29) is 5.82 Å². The molecule has 1 aromatic carbocycles. The number of hydrogen-bond donors (Lipinski definition) is 1. The van der Waals surface area contributed by atoms with E-state index in [1.807, 2.05) is 6.07 Å². The van der Waals surface area contributed by atoms with Crippen molar-refractivity contribution in [2.45, 2.75) is 59.7 Å². The summed E-state index contributed by atoms with van der Waals surface area (Å²) in [4.78, 5) is 2.51. The number of benzene rings is 1. The van der Waals surface area contributed by atoms with E-state index < -0.39 is 0 Å². The first-order valence-electron chi connectivity index (χ1n) is 7.73. The minimum Gasteiger partial charge on any atom is -0.326 e. The van der Waals surface area contributed by atoms with Crippen molar-refractivity contribution in [1.82, 2.24) is 4.90 Å². The molecule has 0 saturated carbocycles. The van der Waals surface area contributed by atoms with Gasteiger partial charge in [0.25, 0.3) is 0 Å². The highest BCUT2D eigenvalue weighted by atomic mass is 19.1. The maximum atomic E-state index is 13.3. The molecule has 0 aromatic heterocycles. The number of hydrogen-bond acceptors (Lipinski definition) is 2. The third kappa shape index (κ3) is 4.88. The Bertz CT molecular complexity index is 400. The van der Waals surface area contributed by atoms with Crippen molar-refractivity contribution in [1.29, 1.82) is 0 Å². The lowest BCUT2D eigenvalue weighted by Crippen LogP contribution is -2.37. The van der Waals surface area contributed by atoms with Crippen LogP contribution in [-0.4, -0.2) is 17.5 Å². The molecule has 0 amide bonds. The van der Waals surface area contributed by atoms with Gasteiger partial charge in [-0.05, 0) is 42.0 Å². The number of halogens is 1. The highest BCUT2D eigenvalue weighted by molar-refractivity contribution is 5.27. The van der Waals surface area contributed by atoms with Crippen LogP contribution in [0.5, 0.6) is 0 Å². The van der Waals surface area contributed by atoms with Crippen molar-refractivity contribution < 1.29 is 4.39 Å². The third-order valence-electron chi connectivity index (χ3n) is 3.82. The lowest BCUT2D eigenvalue weighted by Gasteiger charge is -2.32. The second-order valence-electron chi connectivity index (χ2n) is 5.91. The molecule has 1 rings (SSSR count). The number of nitrogens with two attached hydrogens (primary N) is 1. The molecular formula is C17H29FN2. The third-order valence-corrected chi connectivity index (χ3v) is 3.82. The Morgan fingerprint density at radius 1 is 1.15 bits per heavy atom. The zero-order valence-corrected chi connectivity index (χ0v) is 13.3. The molecule has 3 heteroatoms. The second kappa shape index (κ2) is 8.38. The minimum absolute atomic E-state index is 0.202. The van der Waals surface area contributed by atoms with E-state index >= 15 is 0 Å². The molecule has 2 nitrogen and oxygen atoms in total. The summed E-state index contributed by atoms with van der Waals surface area (Å²) in [5.41, 5.74) is 7.83. The quantitative estimate of drug-likeness (QED) is 0.781. The van der Waals surface area contributed by atoms with E-state index in [1.54, 1.807) is 6.07 Å². The highest BCUT2D eigenvalue weighted by Crippen LogP contribution is 2.19. The van der Waals surface area contributed by atoms with Gasteiger partial charge in [0.05, 0.1) is 0 Å². The highest BCUT2D eigenvalue weighted by Gasteiger charge is 2.18. The molecule has 0 atom stereocenters. The standard InChI is InChI=1S/C17H29FN2/c1-5-17(6-2)20(11-13(3)4)12-14-7-8-16(18)9-15(14)10-19/h7-9,13,17H,5-6,10-12,19H2,1-4H3. The van der Waals surface area contributed by atoms with Gasteiger partial charge < -0.3 is 5.73 Å². The van der Waals surface area contributed by atoms with Crippen LogP contribution in [0.25, 0.3) is 0 Å². The number of nitrogens with zero attached hydrogens (tertiary/aromatic N) is 1. The largest absolute Gasteiger partial charge is 0.326 e. The van der Waals surface area contributed by atoms with Crippen molar-refractivity contribution in [2.75, 3.05) is 6.54 Å². The predicted molar refractivity (Wildman–Crippen MR) is 83.9 cm³/mol. The van der Waals surface area contributed by atoms with Gasteiger partial charge in [0.15, 0.2) is 0 Å². The van der Waals surface area contributed by atoms with Crippen LogP contribution in [0.3, 0.4) is 0 Å². The molecule has 0 aliphatic heterocycles. The van der Waals surface area contributed by atoms with Crippen LogP contribution in [-0.2, 0) is 13.1 Å². The van der Waals surface area contributed by atoms with Crippen molar-refractivity contribution in [3.63, 3.8) is 0 Å². The molecule has 0 aliphatic rings. The van der Waals surface area contributed by atoms with Crippen LogP contribution in [0, 0.1) is 11.7 Å². The van der Waals surface area contributed by atoms with E-state index in [0.29, 0.717) is 18.5 Å². The first-order chi connectivity index (χ1) is 9.51. The first kappa shape index (κ1) is 17.1. The van der Waals surface area contributed by atoms with Gasteiger partial charge in [0, 0.05) is 25.7 Å². The molecule has 0 fully saturated rings. The molecule has 1 aromatic rings. The fourth-order valence-corrected chi connectivity index (χ4v) is 2.77. The Morgan fingerprint density at radius 3 is 2.30 bits per heavy atom. The summed E-state index contributed by atoms with van der Waals surface area (Å²) in [6, 6.07) is 5.56. The Balaban J connectivity index is 2.93. The van der Waals surface area contributed by atoms with Gasteiger partial charge in [0.1, 0.15) is 5.82 Å². The van der Waals surface area contributed by atoms with Gasteiger partial charge in [-0.2, -0.15) is 0 Å². The first-order valence-corrected chi connectivity index (χ1v) is 7.73. The van der Waals surface area contributed by atoms with Crippen molar-refractivity contribution >= 4 is 0 Å². The monoisotopic (exact) mass is 280 g/mol. The van der Waals surface area contributed by atoms with Gasteiger partial charge in [-0.1, -0.05) is 33.8 Å². The van der Waals surface area contributed by atoms with Crippen molar-refractivity contribution in [3.05, 3.63) is 35.1 Å². The SMILES string of the molecule is CCC(CC)N(Cc1ccc(F)cc1CN)CC(C)C. The Labute approximate surface area is 123 Å². The zero-order chi connectivity index (χ0) is 15.1. The smallest absolute Gasteiger partial charge is 0.123 e. The summed E-state index contributed by atoms with van der Waals surface area (Å²) < 4.78 is 13.3. The van der Waals surface area contributed by atoms with Gasteiger partial charge in [0.2, 0.25) is 0 Å². The zero-order valence-electron chi connectivity index (χ0n) is 13.3. The number of rotatable bonds is 8. The molecule has 0 unspecified atom stereocenters. The van der Waals surface area contributed by atoms with Crippen LogP contribution >= 0.6 is 0 Å². The summed E-state index contributed by atoms with van der Waals surface area (Å²) >= 11 is 0. The molecule has 114 valence electrons. The summed E-state index contributed by atoms with van der Waals surface area (Å²) in [7, 11) is 0. The van der Waals surface area contributed by atoms with Crippen LogP contribution in [0.15, 0.2) is 18.2 Å². The molecule has 0 bridgehead atoms. The second-order valence-corrected chi connectivity index (χ2v) is 5.91. The average Bonchev–Trinajstić information content (AvgIpc) is 2.41. The fourth-order valence-electron chi connectivity index (χ4n) is 2.77. The maximum Gasteiger partial charge on any atom is 0.123 e. The fraction of sp³-hybridized carbons (Fsp3) is 0.647. The lowest BCUT2D eigenvalue weighted by molar-refractivity contribution is 0.157. The molecule has 0 spiro atoms. The van der Waals surface area contributed by atoms with E-state index in [9.17, 15) is 4.39 Å². The lowest BCUT2D eigenvalue weighted by atomic mass is 10.0. The normalized spacial score (nSPS) is 11.8. The predicted octanol–water partition coefficient (Wildman–Crippen LogP) is 3.93. The van der Waals surface area contributed by atoms with E-state index in [1.165, 1.54) is 6.07 Å². The van der Waals surface area contributed by atoms with Crippen LogP contribution in [0.4, 0.5) is 4.39 Å². The molecule has 20 heavy (non-hydrogen) atoms. The van der Waals surface area contributed by atoms with E-state index in [0.717, 1.165) is 37.1 Å². The summed E-state index contributed by atoms with van der Waals surface area (Å²) in [5.74, 6) is 0.421. The van der Waals surface area contributed by atoms with Crippen molar-refractivity contribution in [2.24, 2.45) is 11.7 Å². The molecule has 0 heterocycles. The topological polar surface area (TPSA) is 29.3 Å². The molecule has 0 saturated heterocycles. The average molecular weight is 280 g/mol. The van der Waals surface area contributed by atoms with Gasteiger partial charge in [-0.15, -0.1) is 0 Å². The molecule has 0 radical (unpaired) electrons. The Hall–Kier alpha value is -0.930. The molecule has 2 N–H and O–H groups in total. The minimum atomic E-state index is -0.202. The van der Waals surface area contributed by atoms with Gasteiger partial charge in [-0.25, -0.2) is 4.39 Å². The summed E-state index contributed by atoms with van der Waals surface area (Å²) in [5, 5.41) is 0. The van der Waals surface area contributed by atoms with Gasteiger partial charge >= 0.3 is 0 Å². The van der Waals surface area contributed by atoms with E-state index in [2.05, 4.69) is 32.6 Å². The van der Waals surface area contributed by atoms with Crippen molar-refractivity contribution in [3.8, 4) is 0 Å². The van der Waals surface area contributed by atoms with Crippen LogP contribution < -0.4 is 5.73 Å².